The Morgan fingerprint density at radius 1 is 0.833 bits per heavy atom. The Hall–Kier alpha value is -2.95. The van der Waals surface area contributed by atoms with Crippen LogP contribution in [0.15, 0.2) is 48.5 Å². The average molecular weight is 403 g/mol. The van der Waals surface area contributed by atoms with E-state index < -0.39 is 17.8 Å². The number of imide groups is 1. The van der Waals surface area contributed by atoms with E-state index in [2.05, 4.69) is 31.2 Å². The van der Waals surface area contributed by atoms with Gasteiger partial charge < -0.3 is 4.74 Å². The van der Waals surface area contributed by atoms with Crippen molar-refractivity contribution in [1.29, 1.82) is 0 Å². The van der Waals surface area contributed by atoms with Crippen LogP contribution in [0.3, 0.4) is 0 Å². The van der Waals surface area contributed by atoms with Crippen LogP contribution >= 0.6 is 0 Å². The van der Waals surface area contributed by atoms with Crippen molar-refractivity contribution in [2.45, 2.75) is 38.0 Å². The number of benzene rings is 2. The van der Waals surface area contributed by atoms with Crippen molar-refractivity contribution in [3.05, 3.63) is 70.8 Å². The van der Waals surface area contributed by atoms with E-state index in [-0.39, 0.29) is 30.2 Å². The van der Waals surface area contributed by atoms with Gasteiger partial charge in [0, 0.05) is 11.8 Å². The van der Waals surface area contributed by atoms with Crippen LogP contribution in [0.4, 0.5) is 0 Å². The van der Waals surface area contributed by atoms with E-state index in [1.807, 2.05) is 24.3 Å². The molecule has 2 bridgehead atoms. The van der Waals surface area contributed by atoms with E-state index in [0.29, 0.717) is 6.61 Å². The van der Waals surface area contributed by atoms with Gasteiger partial charge in [0.2, 0.25) is 11.8 Å². The molecule has 0 spiro atoms. The number of ether oxygens (including phenoxy) is 1. The Morgan fingerprint density at radius 2 is 1.30 bits per heavy atom. The van der Waals surface area contributed by atoms with Crippen LogP contribution in [-0.4, -0.2) is 35.8 Å². The maximum atomic E-state index is 13.4. The van der Waals surface area contributed by atoms with Gasteiger partial charge in [0.15, 0.2) is 0 Å². The molecule has 1 aliphatic heterocycles. The summed E-state index contributed by atoms with van der Waals surface area (Å²) >= 11 is 0. The van der Waals surface area contributed by atoms with Gasteiger partial charge in [-0.3, -0.25) is 19.3 Å². The molecule has 0 unspecified atom stereocenters. The number of esters is 1. The Bertz CT molecular complexity index is 914. The molecule has 154 valence electrons. The van der Waals surface area contributed by atoms with E-state index in [4.69, 9.17) is 4.74 Å². The Labute approximate surface area is 176 Å². The van der Waals surface area contributed by atoms with Crippen LogP contribution in [0.1, 0.15) is 60.3 Å². The minimum atomic E-state index is -0.506. The smallest absolute Gasteiger partial charge is 0.326 e. The Kier molecular flexibility index (Phi) is 4.69. The fourth-order valence-corrected chi connectivity index (χ4v) is 5.61. The number of amides is 2. The second-order valence-electron chi connectivity index (χ2n) is 8.45. The predicted molar refractivity (Wildman–Crippen MR) is 111 cm³/mol. The number of likely N-dealkylation sites (tertiary alicyclic amines) is 1. The molecule has 1 fully saturated rings. The molecule has 2 amide bonds. The molecule has 0 N–H and O–H groups in total. The topological polar surface area (TPSA) is 63.7 Å². The lowest BCUT2D eigenvalue weighted by Gasteiger charge is -2.45. The summed E-state index contributed by atoms with van der Waals surface area (Å²) in [6, 6.07) is 16.2. The molecule has 4 aliphatic rings. The molecule has 0 radical (unpaired) electrons. The van der Waals surface area contributed by atoms with Crippen molar-refractivity contribution < 1.29 is 19.1 Å². The van der Waals surface area contributed by atoms with Crippen molar-refractivity contribution in [2.75, 3.05) is 13.2 Å². The summed E-state index contributed by atoms with van der Waals surface area (Å²) in [5.74, 6) is -2.16. The van der Waals surface area contributed by atoms with Crippen LogP contribution < -0.4 is 0 Å². The van der Waals surface area contributed by atoms with E-state index in [0.717, 1.165) is 46.4 Å². The summed E-state index contributed by atoms with van der Waals surface area (Å²) in [7, 11) is 0. The number of rotatable bonds is 6. The second-order valence-corrected chi connectivity index (χ2v) is 8.45. The number of carbonyl (C=O) groups is 3. The summed E-state index contributed by atoms with van der Waals surface area (Å²) in [6.07, 6.45) is 2.82. The zero-order valence-electron chi connectivity index (χ0n) is 17.0. The molecule has 0 aromatic heterocycles. The van der Waals surface area contributed by atoms with E-state index in [1.165, 1.54) is 0 Å². The molecular weight excluding hydrogens is 378 g/mol. The minimum Gasteiger partial charge on any atom is -0.464 e. The third-order valence-electron chi connectivity index (χ3n) is 6.84. The molecule has 1 saturated heterocycles. The first kappa shape index (κ1) is 19.0. The lowest BCUT2D eigenvalue weighted by Crippen LogP contribution is -2.41. The number of unbranched alkanes of at least 4 members (excludes halogenated alkanes) is 2. The number of hydrogen-bond donors (Lipinski definition) is 0. The highest BCUT2D eigenvalue weighted by atomic mass is 16.5. The van der Waals surface area contributed by atoms with Gasteiger partial charge in [-0.05, 0) is 28.7 Å². The molecule has 5 heteroatoms. The van der Waals surface area contributed by atoms with E-state index in [1.54, 1.807) is 0 Å². The maximum absolute atomic E-state index is 13.4. The highest BCUT2D eigenvalue weighted by Gasteiger charge is 2.61. The van der Waals surface area contributed by atoms with Gasteiger partial charge >= 0.3 is 5.97 Å². The highest BCUT2D eigenvalue weighted by molar-refractivity contribution is 6.09. The lowest BCUT2D eigenvalue weighted by atomic mass is 9.55. The van der Waals surface area contributed by atoms with E-state index in [9.17, 15) is 14.4 Å². The maximum Gasteiger partial charge on any atom is 0.326 e. The van der Waals surface area contributed by atoms with Gasteiger partial charge in [-0.1, -0.05) is 68.3 Å². The molecule has 2 aromatic rings. The van der Waals surface area contributed by atoms with E-state index >= 15 is 0 Å². The molecular formula is C25H25NO4. The molecule has 6 rings (SSSR count). The molecule has 3 aliphatic carbocycles. The van der Waals surface area contributed by atoms with Gasteiger partial charge in [0.25, 0.3) is 0 Å². The SMILES string of the molecule is CCCCCOC(=O)CN1C(=O)[C@H]2C3c4ccccc4C(c4ccccc43)[C@@H]2C1=O. The third kappa shape index (κ3) is 2.72. The minimum absolute atomic E-state index is 0.144. The van der Waals surface area contributed by atoms with Gasteiger partial charge in [-0.2, -0.15) is 0 Å². The molecule has 0 saturated carbocycles. The normalized spacial score (nSPS) is 25.7. The Morgan fingerprint density at radius 3 is 1.73 bits per heavy atom. The van der Waals surface area contributed by atoms with Crippen LogP contribution in [-0.2, 0) is 19.1 Å². The summed E-state index contributed by atoms with van der Waals surface area (Å²) < 4.78 is 5.26. The third-order valence-corrected chi connectivity index (χ3v) is 6.84. The quantitative estimate of drug-likeness (QED) is 0.420. The summed E-state index contributed by atoms with van der Waals surface area (Å²) in [5, 5.41) is 0. The van der Waals surface area contributed by atoms with Crippen molar-refractivity contribution in [3.8, 4) is 0 Å². The second kappa shape index (κ2) is 7.38. The monoisotopic (exact) mass is 403 g/mol. The zero-order valence-corrected chi connectivity index (χ0v) is 17.0. The van der Waals surface area contributed by atoms with Crippen LogP contribution in [0.25, 0.3) is 0 Å². The molecule has 2 atom stereocenters. The van der Waals surface area contributed by atoms with Crippen LogP contribution in [0.2, 0.25) is 0 Å². The van der Waals surface area contributed by atoms with Crippen molar-refractivity contribution >= 4 is 17.8 Å². The largest absolute Gasteiger partial charge is 0.464 e. The van der Waals surface area contributed by atoms with Crippen LogP contribution in [0, 0.1) is 11.8 Å². The average Bonchev–Trinajstić information content (AvgIpc) is 3.02. The molecule has 2 aromatic carbocycles. The molecule has 5 nitrogen and oxygen atoms in total. The summed E-state index contributed by atoms with van der Waals surface area (Å²) in [5.41, 5.74) is 4.53. The lowest BCUT2D eigenvalue weighted by molar-refractivity contribution is -0.153. The first-order valence-electron chi connectivity index (χ1n) is 10.8. The fourth-order valence-electron chi connectivity index (χ4n) is 5.61. The number of nitrogens with zero attached hydrogens (tertiary/aromatic N) is 1. The summed E-state index contributed by atoms with van der Waals surface area (Å²) in [6.45, 7) is 2.12. The predicted octanol–water partition coefficient (Wildman–Crippen LogP) is 3.61. The molecule has 1 heterocycles. The summed E-state index contributed by atoms with van der Waals surface area (Å²) in [4.78, 5) is 40.2. The van der Waals surface area contributed by atoms with Crippen molar-refractivity contribution in [3.63, 3.8) is 0 Å². The standard InChI is InChI=1S/C25H25NO4/c1-2-3-8-13-30-19(27)14-26-24(28)22-20-15-9-4-5-10-16(15)21(23(22)25(26)29)18-12-7-6-11-17(18)20/h4-7,9-12,20-23H,2-3,8,13-14H2,1H3/t20?,21?,22-,23-/m0/s1. The first-order valence-corrected chi connectivity index (χ1v) is 10.8. The van der Waals surface area contributed by atoms with Gasteiger partial charge in [0.05, 0.1) is 18.4 Å². The van der Waals surface area contributed by atoms with Crippen molar-refractivity contribution in [1.82, 2.24) is 4.90 Å². The highest BCUT2D eigenvalue weighted by Crippen LogP contribution is 2.60. The first-order chi connectivity index (χ1) is 14.6. The number of carbonyl (C=O) groups excluding carboxylic acids is 3. The molecule has 30 heavy (non-hydrogen) atoms. The van der Waals surface area contributed by atoms with Gasteiger partial charge in [-0.15, -0.1) is 0 Å². The fraction of sp³-hybridized carbons (Fsp3) is 0.400. The van der Waals surface area contributed by atoms with Gasteiger partial charge in [0.1, 0.15) is 6.54 Å². The number of hydrogen-bond acceptors (Lipinski definition) is 4. The Balaban J connectivity index is 1.46. The van der Waals surface area contributed by atoms with Crippen LogP contribution in [0.5, 0.6) is 0 Å². The zero-order chi connectivity index (χ0) is 20.8. The van der Waals surface area contributed by atoms with Gasteiger partial charge in [-0.25, -0.2) is 0 Å². The van der Waals surface area contributed by atoms with Crippen molar-refractivity contribution in [2.24, 2.45) is 11.8 Å².